The van der Waals surface area contributed by atoms with Crippen molar-refractivity contribution in [3.05, 3.63) is 145 Å². The Hall–Kier alpha value is -5.06. The molecule has 1 fully saturated rings. The van der Waals surface area contributed by atoms with E-state index in [0.717, 1.165) is 37.1 Å². The molecule has 0 spiro atoms. The number of hydrogen-bond donors (Lipinski definition) is 0. The van der Waals surface area contributed by atoms with Crippen LogP contribution < -0.4 is 0 Å². The van der Waals surface area contributed by atoms with Crippen LogP contribution in [-0.4, -0.2) is 70.6 Å². The van der Waals surface area contributed by atoms with Crippen molar-refractivity contribution in [2.45, 2.75) is 67.9 Å². The number of fused-ring (bicyclic) bond motifs is 1. The highest BCUT2D eigenvalue weighted by Crippen LogP contribution is 2.32. The smallest absolute Gasteiger partial charge is 0.409 e. The first kappa shape index (κ1) is 36.3. The fourth-order valence-electron chi connectivity index (χ4n) is 7.60. The number of Topliss-reactive ketones (excluding diaryl/α,β-unsaturated/α-hetero) is 1. The van der Waals surface area contributed by atoms with E-state index in [1.807, 2.05) is 72.9 Å². The molecule has 5 aromatic rings. The minimum Gasteiger partial charge on any atom is -0.448 e. The predicted octanol–water partition coefficient (Wildman–Crippen LogP) is 7.43. The first-order valence-corrected chi connectivity index (χ1v) is 20.0. The standard InChI is InChI=1S/C43H46N4O5S/c1-32(46(29-33-12-4-2-5-13-33)30-34-14-6-3-7-15-34)31-52-43(49)45-25-22-37(23-26-45)47-27-24-44-41(47)28-36-18-11-21-40(42(36)48)53(50,51)39-20-10-17-35-16-8-9-19-38(35)39/h2-17,19-21,24,27,32,36-37,40H,18,22-23,25-26,28-31H2,1H3/t32?,36?,40-/m0/s1. The predicted molar refractivity (Wildman–Crippen MR) is 206 cm³/mol. The van der Waals surface area contributed by atoms with Gasteiger partial charge in [-0.05, 0) is 48.8 Å². The van der Waals surface area contributed by atoms with Gasteiger partial charge in [0.15, 0.2) is 15.6 Å². The molecule has 274 valence electrons. The van der Waals surface area contributed by atoms with Crippen LogP contribution in [-0.2, 0) is 38.9 Å². The number of ether oxygens (including phenoxy) is 1. The highest BCUT2D eigenvalue weighted by atomic mass is 32.2. The van der Waals surface area contributed by atoms with Crippen LogP contribution in [0.2, 0.25) is 0 Å². The Morgan fingerprint density at radius 1 is 0.887 bits per heavy atom. The number of imidazole rings is 1. The average Bonchev–Trinajstić information content (AvgIpc) is 3.66. The number of rotatable bonds is 12. The van der Waals surface area contributed by atoms with E-state index in [9.17, 15) is 18.0 Å². The molecular formula is C43H46N4O5S. The van der Waals surface area contributed by atoms with E-state index in [4.69, 9.17) is 4.74 Å². The summed E-state index contributed by atoms with van der Waals surface area (Å²) in [6.07, 6.45) is 8.97. The molecule has 1 aliphatic carbocycles. The van der Waals surface area contributed by atoms with E-state index in [0.29, 0.717) is 31.3 Å². The van der Waals surface area contributed by atoms with Crippen LogP contribution in [0.25, 0.3) is 10.8 Å². The molecule has 7 rings (SSSR count). The molecule has 3 atom stereocenters. The summed E-state index contributed by atoms with van der Waals surface area (Å²) in [4.78, 5) is 36.0. The lowest BCUT2D eigenvalue weighted by atomic mass is 9.89. The second-order valence-electron chi connectivity index (χ2n) is 14.2. The van der Waals surface area contributed by atoms with Gasteiger partial charge in [-0.15, -0.1) is 0 Å². The molecule has 0 radical (unpaired) electrons. The Bertz CT molecular complexity index is 2110. The van der Waals surface area contributed by atoms with Crippen LogP contribution in [0.4, 0.5) is 4.79 Å². The molecule has 4 aromatic carbocycles. The van der Waals surface area contributed by atoms with Gasteiger partial charge in [-0.1, -0.05) is 109 Å². The highest BCUT2D eigenvalue weighted by Gasteiger charge is 2.39. The van der Waals surface area contributed by atoms with Crippen molar-refractivity contribution in [2.24, 2.45) is 5.92 Å². The molecule has 0 saturated carbocycles. The molecular weight excluding hydrogens is 685 g/mol. The number of benzene rings is 4. The van der Waals surface area contributed by atoms with Crippen LogP contribution in [0, 0.1) is 5.92 Å². The number of carbonyl (C=O) groups is 2. The fourth-order valence-corrected chi connectivity index (χ4v) is 9.45. The Morgan fingerprint density at radius 3 is 2.23 bits per heavy atom. The van der Waals surface area contributed by atoms with Crippen molar-refractivity contribution in [3.8, 4) is 0 Å². The third-order valence-corrected chi connectivity index (χ3v) is 12.7. The van der Waals surface area contributed by atoms with Gasteiger partial charge >= 0.3 is 6.09 Å². The second kappa shape index (κ2) is 16.3. The third-order valence-electron chi connectivity index (χ3n) is 10.6. The lowest BCUT2D eigenvalue weighted by Crippen LogP contribution is -2.42. The van der Waals surface area contributed by atoms with Gasteiger partial charge < -0.3 is 14.2 Å². The van der Waals surface area contributed by atoms with Gasteiger partial charge in [0.25, 0.3) is 0 Å². The van der Waals surface area contributed by atoms with Crippen molar-refractivity contribution < 1.29 is 22.7 Å². The first-order valence-electron chi connectivity index (χ1n) is 18.5. The molecule has 53 heavy (non-hydrogen) atoms. The Labute approximate surface area is 311 Å². The van der Waals surface area contributed by atoms with E-state index in [-0.39, 0.29) is 35.5 Å². The molecule has 9 nitrogen and oxygen atoms in total. The topological polar surface area (TPSA) is 102 Å². The minimum atomic E-state index is -3.95. The number of carbonyl (C=O) groups excluding carboxylic acids is 2. The van der Waals surface area contributed by atoms with Crippen LogP contribution in [0.1, 0.15) is 49.2 Å². The maximum Gasteiger partial charge on any atom is 0.409 e. The number of ketones is 1. The molecule has 0 bridgehead atoms. The molecule has 1 amide bonds. The quantitative estimate of drug-likeness (QED) is 0.123. The Balaban J connectivity index is 0.943. The minimum absolute atomic E-state index is 0.00405. The van der Waals surface area contributed by atoms with E-state index in [1.54, 1.807) is 35.4 Å². The zero-order chi connectivity index (χ0) is 36.8. The summed E-state index contributed by atoms with van der Waals surface area (Å²) in [6.45, 7) is 4.96. The van der Waals surface area contributed by atoms with Gasteiger partial charge in [-0.3, -0.25) is 9.69 Å². The normalized spacial score (nSPS) is 18.8. The number of amides is 1. The molecule has 1 aliphatic heterocycles. The Morgan fingerprint density at radius 2 is 1.53 bits per heavy atom. The number of likely N-dealkylation sites (tertiary alicyclic amines) is 1. The van der Waals surface area contributed by atoms with E-state index in [2.05, 4.69) is 45.6 Å². The third kappa shape index (κ3) is 8.29. The maximum atomic E-state index is 13.9. The summed E-state index contributed by atoms with van der Waals surface area (Å²) in [7, 11) is -3.95. The number of hydrogen-bond acceptors (Lipinski definition) is 7. The molecule has 10 heteroatoms. The lowest BCUT2D eigenvalue weighted by molar-refractivity contribution is -0.122. The first-order chi connectivity index (χ1) is 25.8. The van der Waals surface area contributed by atoms with Gasteiger partial charge in [-0.2, -0.15) is 0 Å². The number of sulfone groups is 1. The highest BCUT2D eigenvalue weighted by molar-refractivity contribution is 7.93. The summed E-state index contributed by atoms with van der Waals surface area (Å²) in [5.41, 5.74) is 2.41. The van der Waals surface area contributed by atoms with Crippen molar-refractivity contribution in [1.29, 1.82) is 0 Å². The summed E-state index contributed by atoms with van der Waals surface area (Å²) in [6, 6.07) is 33.3. The van der Waals surface area contributed by atoms with Crippen molar-refractivity contribution in [1.82, 2.24) is 19.4 Å². The number of aromatic nitrogens is 2. The van der Waals surface area contributed by atoms with Crippen molar-refractivity contribution >= 4 is 32.5 Å². The SMILES string of the molecule is CC(COC(=O)N1CCC(n2ccnc2CC2CC=C[C@H](S(=O)(=O)c3cccc4ccccc34)C2=O)CC1)N(Cc1ccccc1)Cc1ccccc1. The van der Waals surface area contributed by atoms with Crippen LogP contribution in [0.3, 0.4) is 0 Å². The summed E-state index contributed by atoms with van der Waals surface area (Å²) < 4.78 is 35.8. The zero-order valence-corrected chi connectivity index (χ0v) is 30.9. The molecule has 1 aromatic heterocycles. The van der Waals surface area contributed by atoms with E-state index in [1.165, 1.54) is 11.1 Å². The summed E-state index contributed by atoms with van der Waals surface area (Å²) >= 11 is 0. The monoisotopic (exact) mass is 730 g/mol. The molecule has 2 aliphatic rings. The Kier molecular flexibility index (Phi) is 11.2. The largest absolute Gasteiger partial charge is 0.448 e. The number of allylic oxidation sites excluding steroid dienone is 1. The second-order valence-corrected chi connectivity index (χ2v) is 16.2. The molecule has 2 unspecified atom stereocenters. The summed E-state index contributed by atoms with van der Waals surface area (Å²) in [5, 5.41) is 0.195. The lowest BCUT2D eigenvalue weighted by Gasteiger charge is -2.34. The van der Waals surface area contributed by atoms with Gasteiger partial charge in [0, 0.05) is 68.4 Å². The number of piperidine rings is 1. The number of nitrogens with zero attached hydrogens (tertiary/aromatic N) is 4. The van der Waals surface area contributed by atoms with Crippen molar-refractivity contribution in [3.63, 3.8) is 0 Å². The zero-order valence-electron chi connectivity index (χ0n) is 30.0. The summed E-state index contributed by atoms with van der Waals surface area (Å²) in [5.74, 6) is -0.0454. The molecule has 0 N–H and O–H groups in total. The van der Waals surface area contributed by atoms with Gasteiger partial charge in [0.2, 0.25) is 0 Å². The van der Waals surface area contributed by atoms with Crippen LogP contribution >= 0.6 is 0 Å². The molecule has 2 heterocycles. The van der Waals surface area contributed by atoms with E-state index >= 15 is 0 Å². The van der Waals surface area contributed by atoms with E-state index < -0.39 is 21.0 Å². The van der Waals surface area contributed by atoms with Gasteiger partial charge in [-0.25, -0.2) is 18.2 Å². The van der Waals surface area contributed by atoms with Crippen molar-refractivity contribution in [2.75, 3.05) is 19.7 Å². The maximum absolute atomic E-state index is 13.9. The van der Waals surface area contributed by atoms with Crippen LogP contribution in [0.15, 0.2) is 133 Å². The fraction of sp³-hybridized carbons (Fsp3) is 0.326. The van der Waals surface area contributed by atoms with Gasteiger partial charge in [0.05, 0.1) is 4.90 Å². The van der Waals surface area contributed by atoms with Gasteiger partial charge in [0.1, 0.15) is 17.7 Å². The molecule has 1 saturated heterocycles. The van der Waals surface area contributed by atoms with Crippen LogP contribution in [0.5, 0.6) is 0 Å². The average molecular weight is 731 g/mol.